The lowest BCUT2D eigenvalue weighted by Crippen LogP contribution is -2.15. The van der Waals surface area contributed by atoms with Crippen LogP contribution < -0.4 is 10.1 Å². The van der Waals surface area contributed by atoms with Gasteiger partial charge in [-0.15, -0.1) is 10.2 Å². The van der Waals surface area contributed by atoms with E-state index in [4.69, 9.17) is 9.47 Å². The molecular formula is C22H27N5O4S2. The number of carbonyl (C=O) groups is 2. The Morgan fingerprint density at radius 2 is 1.97 bits per heavy atom. The molecule has 2 heterocycles. The Morgan fingerprint density at radius 3 is 2.67 bits per heavy atom. The maximum Gasteiger partial charge on any atom is 0.350 e. The topological polar surface area (TPSA) is 108 Å². The molecule has 0 fully saturated rings. The van der Waals surface area contributed by atoms with Crippen molar-refractivity contribution in [2.75, 3.05) is 17.7 Å². The summed E-state index contributed by atoms with van der Waals surface area (Å²) < 4.78 is 13.0. The summed E-state index contributed by atoms with van der Waals surface area (Å²) >= 11 is 2.38. The van der Waals surface area contributed by atoms with Crippen LogP contribution in [0.15, 0.2) is 29.4 Å². The third-order valence-electron chi connectivity index (χ3n) is 4.66. The van der Waals surface area contributed by atoms with Gasteiger partial charge in [0.15, 0.2) is 22.2 Å². The van der Waals surface area contributed by atoms with Crippen LogP contribution in [0.1, 0.15) is 53.6 Å². The molecular weight excluding hydrogens is 462 g/mol. The number of thiazole rings is 1. The first-order valence-corrected chi connectivity index (χ1v) is 12.4. The van der Waals surface area contributed by atoms with Crippen molar-refractivity contribution in [3.8, 4) is 5.75 Å². The van der Waals surface area contributed by atoms with Crippen molar-refractivity contribution >= 4 is 40.1 Å². The van der Waals surface area contributed by atoms with E-state index in [0.29, 0.717) is 33.2 Å². The predicted molar refractivity (Wildman–Crippen MR) is 128 cm³/mol. The van der Waals surface area contributed by atoms with Crippen molar-refractivity contribution in [3.63, 3.8) is 0 Å². The normalized spacial score (nSPS) is 11.8. The van der Waals surface area contributed by atoms with E-state index in [1.165, 1.54) is 11.8 Å². The molecule has 33 heavy (non-hydrogen) atoms. The SMILES string of the molecule is CCOC(=O)c1sc(NC(=O)CSc2nnc(C(C)Oc3ccccc3C)n2CC)nc1C. The molecule has 2 aromatic heterocycles. The van der Waals surface area contributed by atoms with Gasteiger partial charge in [0.2, 0.25) is 5.91 Å². The highest BCUT2D eigenvalue weighted by molar-refractivity contribution is 7.99. The largest absolute Gasteiger partial charge is 0.482 e. The minimum atomic E-state index is -0.437. The number of rotatable bonds is 10. The number of anilines is 1. The number of hydrogen-bond acceptors (Lipinski definition) is 9. The Hall–Kier alpha value is -2.92. The number of esters is 1. The second-order valence-corrected chi connectivity index (χ2v) is 9.04. The number of benzene rings is 1. The third kappa shape index (κ3) is 6.11. The van der Waals surface area contributed by atoms with E-state index < -0.39 is 5.97 Å². The summed E-state index contributed by atoms with van der Waals surface area (Å²) in [4.78, 5) is 29.0. The van der Waals surface area contributed by atoms with E-state index >= 15 is 0 Å². The highest BCUT2D eigenvalue weighted by Crippen LogP contribution is 2.27. The van der Waals surface area contributed by atoms with Gasteiger partial charge in [-0.25, -0.2) is 9.78 Å². The van der Waals surface area contributed by atoms with Gasteiger partial charge in [-0.3, -0.25) is 4.79 Å². The maximum absolute atomic E-state index is 12.5. The quantitative estimate of drug-likeness (QED) is 0.329. The first-order valence-electron chi connectivity index (χ1n) is 10.6. The van der Waals surface area contributed by atoms with Gasteiger partial charge >= 0.3 is 5.97 Å². The number of nitrogens with zero attached hydrogens (tertiary/aromatic N) is 4. The second kappa shape index (κ2) is 11.3. The van der Waals surface area contributed by atoms with E-state index in [2.05, 4.69) is 20.5 Å². The first kappa shape index (κ1) is 24.7. The molecule has 1 N–H and O–H groups in total. The number of para-hydroxylation sites is 1. The van der Waals surface area contributed by atoms with E-state index in [1.54, 1.807) is 13.8 Å². The Bertz CT molecular complexity index is 1130. The lowest BCUT2D eigenvalue weighted by Gasteiger charge is -2.16. The molecule has 0 radical (unpaired) electrons. The summed E-state index contributed by atoms with van der Waals surface area (Å²) in [6.07, 6.45) is -0.304. The Labute approximate surface area is 200 Å². The molecule has 0 aliphatic carbocycles. The minimum Gasteiger partial charge on any atom is -0.482 e. The Morgan fingerprint density at radius 1 is 1.21 bits per heavy atom. The van der Waals surface area contributed by atoms with E-state index in [1.807, 2.05) is 49.6 Å². The number of carbonyl (C=O) groups excluding carboxylic acids is 2. The number of nitrogens with one attached hydrogen (secondary N) is 1. The number of amides is 1. The van der Waals surface area contributed by atoms with E-state index in [9.17, 15) is 9.59 Å². The van der Waals surface area contributed by atoms with Gasteiger partial charge in [0, 0.05) is 6.54 Å². The predicted octanol–water partition coefficient (Wildman–Crippen LogP) is 4.42. The van der Waals surface area contributed by atoms with Crippen LogP contribution in [0, 0.1) is 13.8 Å². The Kier molecular flexibility index (Phi) is 8.45. The van der Waals surface area contributed by atoms with Gasteiger partial charge in [-0.2, -0.15) is 0 Å². The number of aromatic nitrogens is 4. The number of ether oxygens (including phenoxy) is 2. The van der Waals surface area contributed by atoms with Gasteiger partial charge in [-0.1, -0.05) is 41.3 Å². The monoisotopic (exact) mass is 489 g/mol. The van der Waals surface area contributed by atoms with Crippen LogP contribution in [-0.2, 0) is 16.1 Å². The van der Waals surface area contributed by atoms with Crippen LogP contribution in [0.3, 0.4) is 0 Å². The summed E-state index contributed by atoms with van der Waals surface area (Å²) in [5, 5.41) is 12.3. The average molecular weight is 490 g/mol. The van der Waals surface area contributed by atoms with Crippen LogP contribution in [-0.4, -0.2) is 44.0 Å². The summed E-state index contributed by atoms with van der Waals surface area (Å²) in [7, 11) is 0. The highest BCUT2D eigenvalue weighted by Gasteiger charge is 2.21. The number of hydrogen-bond donors (Lipinski definition) is 1. The summed E-state index contributed by atoms with van der Waals surface area (Å²) in [6, 6.07) is 7.81. The molecule has 1 unspecified atom stereocenters. The average Bonchev–Trinajstić information content (AvgIpc) is 3.36. The fourth-order valence-electron chi connectivity index (χ4n) is 3.06. The summed E-state index contributed by atoms with van der Waals surface area (Å²) in [5.74, 6) is 0.926. The standard InChI is InChI=1S/C22H27N5O4S2/c1-6-27-19(15(5)31-16-11-9-8-10-13(16)3)25-26-22(27)32-12-17(28)24-21-23-14(4)18(33-21)20(29)30-7-2/h8-11,15H,6-7,12H2,1-5H3,(H,23,24,28). The van der Waals surface area contributed by atoms with Gasteiger partial charge in [-0.05, 0) is 46.2 Å². The zero-order valence-electron chi connectivity index (χ0n) is 19.2. The molecule has 3 aromatic rings. The molecule has 1 amide bonds. The third-order valence-corrected chi connectivity index (χ3v) is 6.68. The van der Waals surface area contributed by atoms with E-state index in [0.717, 1.165) is 22.6 Å². The van der Waals surface area contributed by atoms with Crippen molar-refractivity contribution < 1.29 is 19.1 Å². The smallest absolute Gasteiger partial charge is 0.350 e. The van der Waals surface area contributed by atoms with Crippen molar-refractivity contribution in [1.82, 2.24) is 19.7 Å². The van der Waals surface area contributed by atoms with Gasteiger partial charge in [0.25, 0.3) is 0 Å². The lowest BCUT2D eigenvalue weighted by atomic mass is 10.2. The van der Waals surface area contributed by atoms with Crippen LogP contribution in [0.25, 0.3) is 0 Å². The van der Waals surface area contributed by atoms with Crippen molar-refractivity contribution in [1.29, 1.82) is 0 Å². The van der Waals surface area contributed by atoms with Crippen LogP contribution in [0.5, 0.6) is 5.75 Å². The molecule has 3 rings (SSSR count). The van der Waals surface area contributed by atoms with Crippen LogP contribution in [0.4, 0.5) is 5.13 Å². The highest BCUT2D eigenvalue weighted by atomic mass is 32.2. The molecule has 1 atom stereocenters. The molecule has 11 heteroatoms. The number of aryl methyl sites for hydroxylation is 2. The van der Waals surface area contributed by atoms with Gasteiger partial charge in [0.1, 0.15) is 10.6 Å². The molecule has 0 spiro atoms. The van der Waals surface area contributed by atoms with Crippen LogP contribution >= 0.6 is 23.1 Å². The fourth-order valence-corrected chi connectivity index (χ4v) is 4.74. The maximum atomic E-state index is 12.5. The molecule has 176 valence electrons. The molecule has 0 aliphatic heterocycles. The molecule has 1 aromatic carbocycles. The zero-order chi connectivity index (χ0) is 24.0. The molecule has 0 saturated heterocycles. The fraction of sp³-hybridized carbons (Fsp3) is 0.409. The first-order chi connectivity index (χ1) is 15.8. The van der Waals surface area contributed by atoms with Crippen molar-refractivity contribution in [3.05, 3.63) is 46.2 Å². The van der Waals surface area contributed by atoms with Crippen molar-refractivity contribution in [2.24, 2.45) is 0 Å². The molecule has 0 aliphatic rings. The minimum absolute atomic E-state index is 0.124. The van der Waals surface area contributed by atoms with Crippen molar-refractivity contribution in [2.45, 2.75) is 52.4 Å². The summed E-state index contributed by atoms with van der Waals surface area (Å²) in [5.41, 5.74) is 1.57. The molecule has 9 nitrogen and oxygen atoms in total. The zero-order valence-corrected chi connectivity index (χ0v) is 20.9. The summed E-state index contributed by atoms with van der Waals surface area (Å²) in [6.45, 7) is 10.3. The molecule has 0 bridgehead atoms. The van der Waals surface area contributed by atoms with Gasteiger partial charge < -0.3 is 19.4 Å². The molecule has 0 saturated carbocycles. The van der Waals surface area contributed by atoms with E-state index in [-0.39, 0.29) is 24.4 Å². The second-order valence-electron chi connectivity index (χ2n) is 7.10. The van der Waals surface area contributed by atoms with Crippen LogP contribution in [0.2, 0.25) is 0 Å². The van der Waals surface area contributed by atoms with Gasteiger partial charge in [0.05, 0.1) is 18.1 Å². The lowest BCUT2D eigenvalue weighted by molar-refractivity contribution is -0.113. The Balaban J connectivity index is 1.62. The number of thioether (sulfide) groups is 1.